The highest BCUT2D eigenvalue weighted by molar-refractivity contribution is 6.52. The van der Waals surface area contributed by atoms with Gasteiger partial charge in [-0.2, -0.15) is 0 Å². The number of benzene rings is 3. The SMILES string of the molecule is O=C1C(=O)N(c2cc(Cl)cc(Cl)c2)C(c2ccc(F)cc2)/C1=C(/O)c1ccc2c(c1)CCCC2. The zero-order valence-electron chi connectivity index (χ0n) is 18.0. The molecule has 0 saturated carbocycles. The van der Waals surface area contributed by atoms with Crippen molar-refractivity contribution in [3.05, 3.63) is 104 Å². The molecular formula is C27H20Cl2FNO3. The second kappa shape index (κ2) is 8.90. The molecule has 1 fully saturated rings. The number of hydrogen-bond donors (Lipinski definition) is 1. The molecule has 2 aliphatic rings. The molecule has 0 bridgehead atoms. The van der Waals surface area contributed by atoms with E-state index in [1.165, 1.54) is 52.9 Å². The Morgan fingerprint density at radius 1 is 0.882 bits per heavy atom. The molecule has 3 aromatic rings. The molecule has 1 saturated heterocycles. The van der Waals surface area contributed by atoms with Crippen molar-refractivity contribution < 1.29 is 19.1 Å². The molecule has 0 aromatic heterocycles. The Hall–Kier alpha value is -3.15. The molecule has 1 amide bonds. The second-order valence-electron chi connectivity index (χ2n) is 8.54. The third-order valence-electron chi connectivity index (χ3n) is 6.38. The van der Waals surface area contributed by atoms with Gasteiger partial charge in [-0.25, -0.2) is 4.39 Å². The first kappa shape index (κ1) is 22.6. The number of carbonyl (C=O) groups excluding carboxylic acids is 2. The van der Waals surface area contributed by atoms with E-state index in [1.807, 2.05) is 12.1 Å². The maximum atomic E-state index is 13.7. The van der Waals surface area contributed by atoms with Gasteiger partial charge in [-0.15, -0.1) is 0 Å². The lowest BCUT2D eigenvalue weighted by Gasteiger charge is -2.26. The van der Waals surface area contributed by atoms with E-state index in [4.69, 9.17) is 23.2 Å². The smallest absolute Gasteiger partial charge is 0.300 e. The van der Waals surface area contributed by atoms with Crippen LogP contribution in [0.4, 0.5) is 10.1 Å². The molecule has 4 nitrogen and oxygen atoms in total. The Morgan fingerprint density at radius 2 is 1.53 bits per heavy atom. The Balaban J connectivity index is 1.71. The largest absolute Gasteiger partial charge is 0.507 e. The minimum Gasteiger partial charge on any atom is -0.507 e. The number of aliphatic hydroxyl groups is 1. The van der Waals surface area contributed by atoms with Gasteiger partial charge in [0.2, 0.25) is 0 Å². The van der Waals surface area contributed by atoms with Crippen LogP contribution in [0.25, 0.3) is 5.76 Å². The van der Waals surface area contributed by atoms with E-state index in [0.29, 0.717) is 16.8 Å². The average Bonchev–Trinajstić information content (AvgIpc) is 3.08. The van der Waals surface area contributed by atoms with Gasteiger partial charge in [0.05, 0.1) is 11.6 Å². The normalized spacial score (nSPS) is 19.4. The quantitative estimate of drug-likeness (QED) is 0.251. The molecule has 34 heavy (non-hydrogen) atoms. The molecule has 1 unspecified atom stereocenters. The Kier molecular flexibility index (Phi) is 5.92. The fourth-order valence-corrected chi connectivity index (χ4v) is 5.29. The van der Waals surface area contributed by atoms with E-state index in [9.17, 15) is 19.1 Å². The molecule has 1 aliphatic heterocycles. The van der Waals surface area contributed by atoms with Crippen molar-refractivity contribution in [1.82, 2.24) is 0 Å². The monoisotopic (exact) mass is 495 g/mol. The molecule has 0 spiro atoms. The van der Waals surface area contributed by atoms with Crippen molar-refractivity contribution in [3.8, 4) is 0 Å². The van der Waals surface area contributed by atoms with E-state index in [-0.39, 0.29) is 21.4 Å². The molecule has 1 heterocycles. The molecule has 7 heteroatoms. The third-order valence-corrected chi connectivity index (χ3v) is 6.81. The molecule has 0 radical (unpaired) electrons. The molecule has 1 aliphatic carbocycles. The summed E-state index contributed by atoms with van der Waals surface area (Å²) in [5, 5.41) is 11.9. The minimum absolute atomic E-state index is 0.0662. The molecule has 172 valence electrons. The van der Waals surface area contributed by atoms with E-state index >= 15 is 0 Å². The molecule has 5 rings (SSSR count). The Bertz CT molecular complexity index is 1330. The highest BCUT2D eigenvalue weighted by Crippen LogP contribution is 2.43. The van der Waals surface area contributed by atoms with E-state index < -0.39 is 23.5 Å². The number of carbonyl (C=O) groups is 2. The van der Waals surface area contributed by atoms with Crippen LogP contribution in [0, 0.1) is 5.82 Å². The minimum atomic E-state index is -0.980. The summed E-state index contributed by atoms with van der Waals surface area (Å²) < 4.78 is 13.7. The first-order chi connectivity index (χ1) is 16.3. The summed E-state index contributed by atoms with van der Waals surface area (Å²) in [4.78, 5) is 27.7. The summed E-state index contributed by atoms with van der Waals surface area (Å²) in [6, 6.07) is 14.7. The van der Waals surface area contributed by atoms with Gasteiger partial charge >= 0.3 is 0 Å². The molecule has 1 atom stereocenters. The van der Waals surface area contributed by atoms with Crippen LogP contribution in [-0.2, 0) is 22.4 Å². The van der Waals surface area contributed by atoms with E-state index in [2.05, 4.69) is 0 Å². The first-order valence-corrected chi connectivity index (χ1v) is 11.7. The van der Waals surface area contributed by atoms with Gasteiger partial charge in [-0.1, -0.05) is 47.5 Å². The van der Waals surface area contributed by atoms with E-state index in [0.717, 1.165) is 31.2 Å². The lowest BCUT2D eigenvalue weighted by Crippen LogP contribution is -2.29. The average molecular weight is 496 g/mol. The maximum absolute atomic E-state index is 13.7. The maximum Gasteiger partial charge on any atom is 0.300 e. The van der Waals surface area contributed by atoms with Crippen molar-refractivity contribution in [2.45, 2.75) is 31.7 Å². The number of Topliss-reactive ketones (excluding diaryl/α,β-unsaturated/α-hetero) is 1. The fraction of sp³-hybridized carbons (Fsp3) is 0.185. The third kappa shape index (κ3) is 3.99. The summed E-state index contributed by atoms with van der Waals surface area (Å²) in [6.07, 6.45) is 4.06. The number of fused-ring (bicyclic) bond motifs is 1. The van der Waals surface area contributed by atoms with Crippen LogP contribution in [0.1, 0.15) is 41.1 Å². The second-order valence-corrected chi connectivity index (χ2v) is 9.41. The van der Waals surface area contributed by atoms with Gasteiger partial charge in [0.1, 0.15) is 11.6 Å². The topological polar surface area (TPSA) is 57.6 Å². The van der Waals surface area contributed by atoms with Crippen LogP contribution in [-0.4, -0.2) is 16.8 Å². The van der Waals surface area contributed by atoms with Gasteiger partial charge in [-0.05, 0) is 78.8 Å². The predicted molar refractivity (Wildman–Crippen MR) is 131 cm³/mol. The number of anilines is 1. The van der Waals surface area contributed by atoms with Crippen molar-refractivity contribution in [1.29, 1.82) is 0 Å². The van der Waals surface area contributed by atoms with Gasteiger partial charge in [0.25, 0.3) is 11.7 Å². The van der Waals surface area contributed by atoms with Crippen LogP contribution in [0.3, 0.4) is 0 Å². The highest BCUT2D eigenvalue weighted by Gasteiger charge is 2.47. The summed E-state index contributed by atoms with van der Waals surface area (Å²) >= 11 is 12.3. The van der Waals surface area contributed by atoms with Crippen molar-refractivity contribution in [3.63, 3.8) is 0 Å². The lowest BCUT2D eigenvalue weighted by molar-refractivity contribution is -0.132. The van der Waals surface area contributed by atoms with Crippen LogP contribution < -0.4 is 4.90 Å². The molecule has 3 aromatic carbocycles. The van der Waals surface area contributed by atoms with Gasteiger partial charge in [0, 0.05) is 21.3 Å². The van der Waals surface area contributed by atoms with Crippen LogP contribution in [0.5, 0.6) is 0 Å². The van der Waals surface area contributed by atoms with Crippen LogP contribution in [0.15, 0.2) is 66.2 Å². The highest BCUT2D eigenvalue weighted by atomic mass is 35.5. The summed E-state index contributed by atoms with van der Waals surface area (Å²) in [5.41, 5.74) is 3.53. The zero-order chi connectivity index (χ0) is 24.0. The summed E-state index contributed by atoms with van der Waals surface area (Å²) in [7, 11) is 0. The summed E-state index contributed by atoms with van der Waals surface area (Å²) in [5.74, 6) is -2.38. The predicted octanol–water partition coefficient (Wildman–Crippen LogP) is 6.64. The van der Waals surface area contributed by atoms with Gasteiger partial charge in [0.15, 0.2) is 0 Å². The van der Waals surface area contributed by atoms with Crippen molar-refractivity contribution >= 4 is 46.3 Å². The molecule has 1 N–H and O–H groups in total. The fourth-order valence-electron chi connectivity index (χ4n) is 4.77. The first-order valence-electron chi connectivity index (χ1n) is 11.0. The van der Waals surface area contributed by atoms with Crippen molar-refractivity contribution in [2.24, 2.45) is 0 Å². The van der Waals surface area contributed by atoms with Gasteiger partial charge in [-0.3, -0.25) is 14.5 Å². The molecular weight excluding hydrogens is 476 g/mol. The van der Waals surface area contributed by atoms with Crippen LogP contribution >= 0.6 is 23.2 Å². The number of ketones is 1. The zero-order valence-corrected chi connectivity index (χ0v) is 19.5. The van der Waals surface area contributed by atoms with Crippen molar-refractivity contribution in [2.75, 3.05) is 4.90 Å². The number of amides is 1. The summed E-state index contributed by atoms with van der Waals surface area (Å²) in [6.45, 7) is 0. The van der Waals surface area contributed by atoms with E-state index in [1.54, 1.807) is 6.07 Å². The Morgan fingerprint density at radius 3 is 2.21 bits per heavy atom. The number of halogens is 3. The number of hydrogen-bond acceptors (Lipinski definition) is 3. The van der Waals surface area contributed by atoms with Gasteiger partial charge < -0.3 is 5.11 Å². The Labute approximate surface area is 206 Å². The lowest BCUT2D eigenvalue weighted by atomic mass is 9.88. The number of aryl methyl sites for hydroxylation is 2. The van der Waals surface area contributed by atoms with Crippen LogP contribution in [0.2, 0.25) is 10.0 Å². The number of nitrogens with zero attached hydrogens (tertiary/aromatic N) is 1. The number of aliphatic hydroxyl groups excluding tert-OH is 1. The standard InChI is InChI=1S/C27H20Cl2FNO3/c28-19-12-20(29)14-22(13-19)31-24(16-7-9-21(30)10-8-16)23(26(33)27(31)34)25(32)18-6-5-15-3-1-2-4-17(15)11-18/h5-14,24,32H,1-4H2/b25-23-. The number of rotatable bonds is 3.